The molecule has 1 amide bonds. The van der Waals surface area contributed by atoms with Crippen LogP contribution in [0.2, 0.25) is 0 Å². The van der Waals surface area contributed by atoms with E-state index in [2.05, 4.69) is 4.98 Å². The average Bonchev–Trinajstić information content (AvgIpc) is 3.13. The molecule has 36 heavy (non-hydrogen) atoms. The predicted octanol–water partition coefficient (Wildman–Crippen LogP) is 4.28. The Labute approximate surface area is 208 Å². The molecule has 0 unspecified atom stereocenters. The normalized spacial score (nSPS) is 16.9. The Balaban J connectivity index is 1.80. The number of pyridine rings is 1. The van der Waals surface area contributed by atoms with Crippen LogP contribution in [-0.4, -0.2) is 45.9 Å². The molecule has 8 nitrogen and oxygen atoms in total. The molecule has 2 aromatic carbocycles. The number of ketones is 1. The van der Waals surface area contributed by atoms with E-state index in [-0.39, 0.29) is 24.0 Å². The van der Waals surface area contributed by atoms with Crippen LogP contribution >= 0.6 is 0 Å². The molecule has 0 saturated carbocycles. The number of esters is 1. The number of amides is 1. The molecule has 0 spiro atoms. The monoisotopic (exact) mass is 486 g/mol. The topological polar surface area (TPSA) is 106 Å². The van der Waals surface area contributed by atoms with Crippen molar-refractivity contribution < 1.29 is 29.0 Å². The second-order valence-electron chi connectivity index (χ2n) is 8.59. The summed E-state index contributed by atoms with van der Waals surface area (Å²) < 4.78 is 10.4. The van der Waals surface area contributed by atoms with E-state index < -0.39 is 23.7 Å². The lowest BCUT2D eigenvalue weighted by molar-refractivity contribution is -0.140. The SMILES string of the molecule is COC(=O)c1ccc([C@@H]2/C(=C(\O)c3ccc(OC(C)C)cc3)C(=O)C(=O)N2Cc2cccnc2)cc1. The highest BCUT2D eigenvalue weighted by Gasteiger charge is 2.46. The smallest absolute Gasteiger partial charge is 0.337 e. The number of hydrogen-bond acceptors (Lipinski definition) is 7. The van der Waals surface area contributed by atoms with Gasteiger partial charge in [-0.15, -0.1) is 0 Å². The first-order chi connectivity index (χ1) is 17.3. The number of nitrogens with zero attached hydrogens (tertiary/aromatic N) is 2. The maximum absolute atomic E-state index is 13.2. The quantitative estimate of drug-likeness (QED) is 0.230. The molecule has 1 aliphatic heterocycles. The third-order valence-electron chi connectivity index (χ3n) is 5.76. The first-order valence-electron chi connectivity index (χ1n) is 11.4. The molecular formula is C28H26N2O6. The molecule has 2 heterocycles. The number of likely N-dealkylation sites (tertiary alicyclic amines) is 1. The van der Waals surface area contributed by atoms with Crippen LogP contribution in [0.5, 0.6) is 5.75 Å². The number of rotatable bonds is 7. The highest BCUT2D eigenvalue weighted by Crippen LogP contribution is 2.40. The van der Waals surface area contributed by atoms with Crippen molar-refractivity contribution in [2.24, 2.45) is 0 Å². The zero-order valence-electron chi connectivity index (χ0n) is 20.2. The second-order valence-corrected chi connectivity index (χ2v) is 8.59. The number of aliphatic hydroxyl groups excluding tert-OH is 1. The van der Waals surface area contributed by atoms with Gasteiger partial charge in [0, 0.05) is 24.5 Å². The molecule has 1 fully saturated rings. The van der Waals surface area contributed by atoms with Crippen molar-refractivity contribution in [2.75, 3.05) is 7.11 Å². The van der Waals surface area contributed by atoms with Gasteiger partial charge >= 0.3 is 5.97 Å². The molecule has 1 saturated heterocycles. The van der Waals surface area contributed by atoms with Gasteiger partial charge in [-0.05, 0) is 67.4 Å². The van der Waals surface area contributed by atoms with Gasteiger partial charge < -0.3 is 19.5 Å². The summed E-state index contributed by atoms with van der Waals surface area (Å²) in [5.74, 6) is -1.70. The van der Waals surface area contributed by atoms with E-state index in [1.807, 2.05) is 13.8 Å². The molecule has 1 aromatic heterocycles. The number of carbonyl (C=O) groups is 3. The molecule has 1 aliphatic rings. The minimum atomic E-state index is -0.872. The van der Waals surface area contributed by atoms with E-state index in [4.69, 9.17) is 9.47 Å². The van der Waals surface area contributed by atoms with E-state index >= 15 is 0 Å². The second kappa shape index (κ2) is 10.4. The zero-order valence-corrected chi connectivity index (χ0v) is 20.2. The van der Waals surface area contributed by atoms with Crippen LogP contribution in [0.3, 0.4) is 0 Å². The minimum Gasteiger partial charge on any atom is -0.507 e. The third kappa shape index (κ3) is 4.98. The van der Waals surface area contributed by atoms with Crippen LogP contribution in [0.15, 0.2) is 78.6 Å². The van der Waals surface area contributed by atoms with E-state index in [0.29, 0.717) is 22.4 Å². The van der Waals surface area contributed by atoms with Gasteiger partial charge in [-0.1, -0.05) is 18.2 Å². The number of hydrogen-bond donors (Lipinski definition) is 1. The summed E-state index contributed by atoms with van der Waals surface area (Å²) in [6, 6.07) is 15.7. The fraction of sp³-hybridized carbons (Fsp3) is 0.214. The first kappa shape index (κ1) is 24.7. The molecular weight excluding hydrogens is 460 g/mol. The summed E-state index contributed by atoms with van der Waals surface area (Å²) in [6.07, 6.45) is 3.22. The van der Waals surface area contributed by atoms with Crippen LogP contribution < -0.4 is 4.74 Å². The van der Waals surface area contributed by atoms with Gasteiger partial charge in [0.25, 0.3) is 11.7 Å². The van der Waals surface area contributed by atoms with Gasteiger partial charge in [-0.2, -0.15) is 0 Å². The van der Waals surface area contributed by atoms with Gasteiger partial charge in [0.2, 0.25) is 0 Å². The van der Waals surface area contributed by atoms with Gasteiger partial charge in [0.05, 0.1) is 30.4 Å². The van der Waals surface area contributed by atoms with E-state index in [9.17, 15) is 19.5 Å². The van der Waals surface area contributed by atoms with Crippen molar-refractivity contribution in [3.63, 3.8) is 0 Å². The highest BCUT2D eigenvalue weighted by molar-refractivity contribution is 6.46. The Bertz CT molecular complexity index is 1300. The van der Waals surface area contributed by atoms with Crippen molar-refractivity contribution in [1.29, 1.82) is 0 Å². The Morgan fingerprint density at radius 2 is 1.69 bits per heavy atom. The Kier molecular flexibility index (Phi) is 7.15. The molecule has 4 rings (SSSR count). The number of aliphatic hydroxyl groups is 1. The molecule has 184 valence electrons. The third-order valence-corrected chi connectivity index (χ3v) is 5.76. The Morgan fingerprint density at radius 1 is 1.03 bits per heavy atom. The number of benzene rings is 2. The van der Waals surface area contributed by atoms with Gasteiger partial charge in [0.1, 0.15) is 11.5 Å². The molecule has 8 heteroatoms. The summed E-state index contributed by atoms with van der Waals surface area (Å²) in [5, 5.41) is 11.2. The largest absolute Gasteiger partial charge is 0.507 e. The average molecular weight is 487 g/mol. The lowest BCUT2D eigenvalue weighted by Gasteiger charge is -2.25. The predicted molar refractivity (Wildman–Crippen MR) is 132 cm³/mol. The lowest BCUT2D eigenvalue weighted by Crippen LogP contribution is -2.29. The minimum absolute atomic E-state index is 0.0183. The molecule has 0 bridgehead atoms. The van der Waals surface area contributed by atoms with E-state index in [1.165, 1.54) is 12.0 Å². The summed E-state index contributed by atoms with van der Waals surface area (Å²) >= 11 is 0. The summed E-state index contributed by atoms with van der Waals surface area (Å²) in [5.41, 5.74) is 1.96. The zero-order chi connectivity index (χ0) is 25.8. The number of ether oxygens (including phenoxy) is 2. The maximum atomic E-state index is 13.2. The van der Waals surface area contributed by atoms with Crippen molar-refractivity contribution in [2.45, 2.75) is 32.5 Å². The molecule has 0 aliphatic carbocycles. The van der Waals surface area contributed by atoms with Crippen molar-refractivity contribution in [1.82, 2.24) is 9.88 Å². The molecule has 3 aromatic rings. The van der Waals surface area contributed by atoms with Gasteiger partial charge in [-0.25, -0.2) is 4.79 Å². The van der Waals surface area contributed by atoms with Crippen LogP contribution in [0.1, 0.15) is 46.9 Å². The number of methoxy groups -OCH3 is 1. The highest BCUT2D eigenvalue weighted by atomic mass is 16.5. The van der Waals surface area contributed by atoms with Crippen LogP contribution in [-0.2, 0) is 20.9 Å². The molecule has 1 atom stereocenters. The fourth-order valence-corrected chi connectivity index (χ4v) is 4.12. The van der Waals surface area contributed by atoms with Crippen molar-refractivity contribution in [3.05, 3.63) is 101 Å². The van der Waals surface area contributed by atoms with Crippen LogP contribution in [0, 0.1) is 0 Å². The number of aromatic nitrogens is 1. The molecule has 1 N–H and O–H groups in total. The summed E-state index contributed by atoms with van der Waals surface area (Å²) in [7, 11) is 1.29. The van der Waals surface area contributed by atoms with Crippen molar-refractivity contribution in [3.8, 4) is 5.75 Å². The van der Waals surface area contributed by atoms with Crippen molar-refractivity contribution >= 4 is 23.4 Å². The van der Waals surface area contributed by atoms with Crippen LogP contribution in [0.4, 0.5) is 0 Å². The van der Waals surface area contributed by atoms with E-state index in [0.717, 1.165) is 5.56 Å². The standard InChI is InChI=1S/C28H26N2O6/c1-17(2)36-22-12-10-20(11-13-22)25(31)23-24(19-6-8-21(9-7-19)28(34)35-3)30(27(33)26(23)32)16-18-5-4-14-29-15-18/h4-15,17,24,31H,16H2,1-3H3/b25-23+/t24-/m1/s1. The Hall–Kier alpha value is -4.46. The summed E-state index contributed by atoms with van der Waals surface area (Å²) in [4.78, 5) is 43.8. The van der Waals surface area contributed by atoms with Gasteiger partial charge in [-0.3, -0.25) is 14.6 Å². The number of Topliss-reactive ketones (excluding diaryl/α,β-unsaturated/α-hetero) is 1. The van der Waals surface area contributed by atoms with E-state index in [1.54, 1.807) is 73.1 Å². The van der Waals surface area contributed by atoms with Crippen LogP contribution in [0.25, 0.3) is 5.76 Å². The number of carbonyl (C=O) groups excluding carboxylic acids is 3. The molecule has 0 radical (unpaired) electrons. The first-order valence-corrected chi connectivity index (χ1v) is 11.4. The lowest BCUT2D eigenvalue weighted by atomic mass is 9.94. The maximum Gasteiger partial charge on any atom is 0.337 e. The fourth-order valence-electron chi connectivity index (χ4n) is 4.12. The van der Waals surface area contributed by atoms with Gasteiger partial charge in [0.15, 0.2) is 0 Å². The summed E-state index contributed by atoms with van der Waals surface area (Å²) in [6.45, 7) is 3.92. The Morgan fingerprint density at radius 3 is 2.28 bits per heavy atom.